The standard InChI is InChI=1S/C16H27N5O3S/c1-11-13(12(2)19(5)17-11)8-20-6-7-21(16(22)18(3)4)15-10-25(23,24)9-14(15)20/h14-15H,6-10H2,1-5H3/t14-,15+/m0/s1. The van der Waals surface area contributed by atoms with Crippen molar-refractivity contribution in [2.45, 2.75) is 32.5 Å². The highest BCUT2D eigenvalue weighted by molar-refractivity contribution is 7.91. The average Bonchev–Trinajstić information content (AvgIpc) is 2.96. The lowest BCUT2D eigenvalue weighted by atomic mass is 10.0. The van der Waals surface area contributed by atoms with E-state index in [1.807, 2.05) is 25.6 Å². The number of aryl methyl sites for hydroxylation is 2. The minimum Gasteiger partial charge on any atom is -0.331 e. The van der Waals surface area contributed by atoms with Gasteiger partial charge in [0, 0.05) is 58.1 Å². The molecule has 2 aliphatic heterocycles. The minimum absolute atomic E-state index is 0.0543. The maximum absolute atomic E-state index is 12.5. The average molecular weight is 369 g/mol. The number of aromatic nitrogens is 2. The van der Waals surface area contributed by atoms with E-state index >= 15 is 0 Å². The number of fused-ring (bicyclic) bond motifs is 1. The van der Waals surface area contributed by atoms with Crippen LogP contribution in [-0.4, -0.2) is 89.7 Å². The molecule has 1 aromatic heterocycles. The molecular weight excluding hydrogens is 342 g/mol. The van der Waals surface area contributed by atoms with Gasteiger partial charge in [-0.3, -0.25) is 9.58 Å². The van der Waals surface area contributed by atoms with Gasteiger partial charge in [0.05, 0.1) is 23.2 Å². The van der Waals surface area contributed by atoms with Gasteiger partial charge in [0.2, 0.25) is 0 Å². The van der Waals surface area contributed by atoms with Crippen molar-refractivity contribution in [3.8, 4) is 0 Å². The molecule has 25 heavy (non-hydrogen) atoms. The van der Waals surface area contributed by atoms with E-state index in [2.05, 4.69) is 10.00 Å². The summed E-state index contributed by atoms with van der Waals surface area (Å²) in [7, 11) is 2.19. The fourth-order valence-corrected chi connectivity index (χ4v) is 5.98. The predicted octanol–water partition coefficient (Wildman–Crippen LogP) is 0.00174. The van der Waals surface area contributed by atoms with E-state index in [0.29, 0.717) is 19.6 Å². The van der Waals surface area contributed by atoms with Crippen LogP contribution in [0.3, 0.4) is 0 Å². The zero-order valence-corrected chi connectivity index (χ0v) is 16.4. The number of sulfone groups is 1. The molecule has 0 spiro atoms. The zero-order chi connectivity index (χ0) is 18.5. The number of amides is 2. The molecule has 140 valence electrons. The lowest BCUT2D eigenvalue weighted by Crippen LogP contribution is -2.61. The molecule has 2 atom stereocenters. The first-order chi connectivity index (χ1) is 11.6. The summed E-state index contributed by atoms with van der Waals surface area (Å²) in [6, 6.07) is -0.534. The molecule has 2 aliphatic rings. The third-order valence-electron chi connectivity index (χ3n) is 5.44. The van der Waals surface area contributed by atoms with Gasteiger partial charge in [0.15, 0.2) is 9.84 Å². The minimum atomic E-state index is -3.14. The van der Waals surface area contributed by atoms with E-state index < -0.39 is 9.84 Å². The van der Waals surface area contributed by atoms with Gasteiger partial charge >= 0.3 is 6.03 Å². The summed E-state index contributed by atoms with van der Waals surface area (Å²) in [5.41, 5.74) is 3.23. The van der Waals surface area contributed by atoms with E-state index in [0.717, 1.165) is 17.0 Å². The third kappa shape index (κ3) is 3.27. The van der Waals surface area contributed by atoms with Gasteiger partial charge < -0.3 is 9.80 Å². The molecule has 2 fully saturated rings. The summed E-state index contributed by atoms with van der Waals surface area (Å²) < 4.78 is 26.4. The van der Waals surface area contributed by atoms with Gasteiger partial charge in [-0.05, 0) is 13.8 Å². The van der Waals surface area contributed by atoms with Crippen molar-refractivity contribution in [3.05, 3.63) is 17.0 Å². The van der Waals surface area contributed by atoms with Crippen molar-refractivity contribution >= 4 is 15.9 Å². The zero-order valence-electron chi connectivity index (χ0n) is 15.6. The Labute approximate surface area is 149 Å². The maximum Gasteiger partial charge on any atom is 0.319 e. The number of rotatable bonds is 2. The number of carbonyl (C=O) groups is 1. The summed E-state index contributed by atoms with van der Waals surface area (Å²) in [5.74, 6) is 0.173. The molecule has 9 heteroatoms. The number of nitrogens with zero attached hydrogens (tertiary/aromatic N) is 5. The highest BCUT2D eigenvalue weighted by atomic mass is 32.2. The first-order valence-electron chi connectivity index (χ1n) is 8.52. The van der Waals surface area contributed by atoms with Gasteiger partial charge in [-0.1, -0.05) is 0 Å². The van der Waals surface area contributed by atoms with Crippen LogP contribution >= 0.6 is 0 Å². The van der Waals surface area contributed by atoms with Crippen molar-refractivity contribution in [1.82, 2.24) is 24.5 Å². The smallest absolute Gasteiger partial charge is 0.319 e. The van der Waals surface area contributed by atoms with Crippen molar-refractivity contribution < 1.29 is 13.2 Å². The lowest BCUT2D eigenvalue weighted by Gasteiger charge is -2.44. The second-order valence-corrected chi connectivity index (χ2v) is 9.48. The Kier molecular flexibility index (Phi) is 4.57. The Balaban J connectivity index is 1.87. The maximum atomic E-state index is 12.5. The van der Waals surface area contributed by atoms with Crippen LogP contribution in [0.25, 0.3) is 0 Å². The molecule has 2 amide bonds. The molecule has 1 aromatic rings. The molecule has 0 aromatic carbocycles. The number of hydrogen-bond acceptors (Lipinski definition) is 5. The monoisotopic (exact) mass is 369 g/mol. The summed E-state index contributed by atoms with van der Waals surface area (Å²) >= 11 is 0. The Bertz CT molecular complexity index is 786. The molecule has 0 radical (unpaired) electrons. The van der Waals surface area contributed by atoms with Gasteiger partial charge in [-0.2, -0.15) is 5.10 Å². The number of hydrogen-bond donors (Lipinski definition) is 0. The van der Waals surface area contributed by atoms with Crippen molar-refractivity contribution in [2.75, 3.05) is 38.7 Å². The summed E-state index contributed by atoms with van der Waals surface area (Å²) in [5, 5.41) is 4.46. The van der Waals surface area contributed by atoms with Crippen molar-refractivity contribution in [3.63, 3.8) is 0 Å². The van der Waals surface area contributed by atoms with E-state index in [1.54, 1.807) is 19.0 Å². The Morgan fingerprint density at radius 1 is 1.20 bits per heavy atom. The van der Waals surface area contributed by atoms with Crippen LogP contribution < -0.4 is 0 Å². The van der Waals surface area contributed by atoms with Gasteiger partial charge in [-0.15, -0.1) is 0 Å². The van der Waals surface area contributed by atoms with Crippen LogP contribution in [0.1, 0.15) is 17.0 Å². The number of carbonyl (C=O) groups excluding carboxylic acids is 1. The predicted molar refractivity (Wildman–Crippen MR) is 95.1 cm³/mol. The SMILES string of the molecule is Cc1nn(C)c(C)c1CN1CCN(C(=O)N(C)C)[C@@H]2CS(=O)(=O)C[C@@H]21. The van der Waals surface area contributed by atoms with E-state index in [4.69, 9.17) is 0 Å². The van der Waals surface area contributed by atoms with Crippen LogP contribution in [-0.2, 0) is 23.4 Å². The normalized spacial score (nSPS) is 25.9. The fraction of sp³-hybridized carbons (Fsp3) is 0.750. The topological polar surface area (TPSA) is 78.8 Å². The quantitative estimate of drug-likeness (QED) is 0.733. The van der Waals surface area contributed by atoms with Crippen LogP contribution in [0, 0.1) is 13.8 Å². The third-order valence-corrected chi connectivity index (χ3v) is 7.14. The van der Waals surface area contributed by atoms with E-state index in [-0.39, 0.29) is 29.6 Å². The van der Waals surface area contributed by atoms with E-state index in [1.165, 1.54) is 4.90 Å². The molecule has 3 rings (SSSR count). The molecule has 0 aliphatic carbocycles. The van der Waals surface area contributed by atoms with Crippen molar-refractivity contribution in [2.24, 2.45) is 7.05 Å². The summed E-state index contributed by atoms with van der Waals surface area (Å²) in [4.78, 5) is 17.9. The highest BCUT2D eigenvalue weighted by Gasteiger charge is 2.48. The van der Waals surface area contributed by atoms with Gasteiger partial charge in [0.1, 0.15) is 0 Å². The molecule has 0 saturated carbocycles. The molecule has 3 heterocycles. The molecule has 0 N–H and O–H groups in total. The summed E-state index contributed by atoms with van der Waals surface area (Å²) in [6.45, 7) is 5.91. The Hall–Kier alpha value is -1.61. The largest absolute Gasteiger partial charge is 0.331 e. The lowest BCUT2D eigenvalue weighted by molar-refractivity contribution is 0.0518. The van der Waals surface area contributed by atoms with E-state index in [9.17, 15) is 13.2 Å². The van der Waals surface area contributed by atoms with Gasteiger partial charge in [0.25, 0.3) is 0 Å². The van der Waals surface area contributed by atoms with Crippen molar-refractivity contribution in [1.29, 1.82) is 0 Å². The van der Waals surface area contributed by atoms with Crippen LogP contribution in [0.15, 0.2) is 0 Å². The molecular formula is C16H27N5O3S. The fourth-order valence-electron chi connectivity index (χ4n) is 3.96. The Morgan fingerprint density at radius 2 is 1.84 bits per heavy atom. The molecule has 2 saturated heterocycles. The summed E-state index contributed by atoms with van der Waals surface area (Å²) in [6.07, 6.45) is 0. The molecule has 0 unspecified atom stereocenters. The molecule has 8 nitrogen and oxygen atoms in total. The van der Waals surface area contributed by atoms with Crippen LogP contribution in [0.5, 0.6) is 0 Å². The van der Waals surface area contributed by atoms with Gasteiger partial charge in [-0.25, -0.2) is 13.2 Å². The second-order valence-electron chi connectivity index (χ2n) is 7.33. The number of piperazine rings is 1. The molecule has 0 bridgehead atoms. The first kappa shape index (κ1) is 18.2. The van der Waals surface area contributed by atoms with Crippen LogP contribution in [0.2, 0.25) is 0 Å². The second kappa shape index (κ2) is 6.28. The van der Waals surface area contributed by atoms with Crippen LogP contribution in [0.4, 0.5) is 4.79 Å². The number of urea groups is 1. The highest BCUT2D eigenvalue weighted by Crippen LogP contribution is 2.29. The first-order valence-corrected chi connectivity index (χ1v) is 10.3. The Morgan fingerprint density at radius 3 is 2.40 bits per heavy atom.